The standard InChI is InChI=1S/C9H8N4O/c1-14-9-4-6-11-7-8(9)3-2-5-12-13-10/h4,6-7H,5H2,1H3. The minimum absolute atomic E-state index is 0.147. The van der Waals surface area contributed by atoms with Crippen molar-refractivity contribution in [3.05, 3.63) is 34.5 Å². The highest BCUT2D eigenvalue weighted by Crippen LogP contribution is 2.13. The van der Waals surface area contributed by atoms with E-state index >= 15 is 0 Å². The third-order valence-corrected chi connectivity index (χ3v) is 1.44. The fourth-order valence-corrected chi connectivity index (χ4v) is 0.855. The lowest BCUT2D eigenvalue weighted by atomic mass is 10.2. The number of methoxy groups -OCH3 is 1. The Morgan fingerprint density at radius 3 is 3.29 bits per heavy atom. The molecule has 0 atom stereocenters. The maximum atomic E-state index is 8.02. The first-order chi connectivity index (χ1) is 6.88. The van der Waals surface area contributed by atoms with Crippen LogP contribution in [0.1, 0.15) is 5.56 Å². The van der Waals surface area contributed by atoms with Crippen molar-refractivity contribution < 1.29 is 4.74 Å². The fraction of sp³-hybridized carbons (Fsp3) is 0.222. The van der Waals surface area contributed by atoms with Gasteiger partial charge in [0.2, 0.25) is 0 Å². The number of nitrogens with zero attached hydrogens (tertiary/aromatic N) is 4. The molecule has 14 heavy (non-hydrogen) atoms. The number of azide groups is 1. The molecule has 0 aliphatic rings. The molecule has 0 N–H and O–H groups in total. The van der Waals surface area contributed by atoms with E-state index in [2.05, 4.69) is 26.9 Å². The predicted octanol–water partition coefficient (Wildman–Crippen LogP) is 1.75. The van der Waals surface area contributed by atoms with E-state index in [-0.39, 0.29) is 6.54 Å². The van der Waals surface area contributed by atoms with Gasteiger partial charge in [0.05, 0.1) is 19.2 Å². The van der Waals surface area contributed by atoms with Gasteiger partial charge in [-0.1, -0.05) is 17.0 Å². The molecule has 0 aliphatic carbocycles. The molecule has 0 radical (unpaired) electrons. The molecule has 1 aromatic heterocycles. The normalized spacial score (nSPS) is 8.07. The number of pyridine rings is 1. The van der Waals surface area contributed by atoms with Crippen LogP contribution in [0.5, 0.6) is 5.75 Å². The summed E-state index contributed by atoms with van der Waals surface area (Å²) in [6, 6.07) is 1.72. The van der Waals surface area contributed by atoms with E-state index < -0.39 is 0 Å². The van der Waals surface area contributed by atoms with Crippen LogP contribution in [0.2, 0.25) is 0 Å². The molecule has 0 amide bonds. The Balaban J connectivity index is 2.82. The molecule has 70 valence electrons. The Morgan fingerprint density at radius 2 is 2.57 bits per heavy atom. The van der Waals surface area contributed by atoms with Crippen LogP contribution in [-0.2, 0) is 0 Å². The van der Waals surface area contributed by atoms with Crippen molar-refractivity contribution in [2.45, 2.75) is 0 Å². The van der Waals surface area contributed by atoms with Gasteiger partial charge in [-0.25, -0.2) is 0 Å². The van der Waals surface area contributed by atoms with Gasteiger partial charge < -0.3 is 4.74 Å². The van der Waals surface area contributed by atoms with Gasteiger partial charge >= 0.3 is 0 Å². The van der Waals surface area contributed by atoms with Crippen molar-refractivity contribution in [1.82, 2.24) is 4.98 Å². The maximum absolute atomic E-state index is 8.02. The van der Waals surface area contributed by atoms with E-state index in [0.717, 1.165) is 0 Å². The second kappa shape index (κ2) is 5.46. The molecule has 5 heteroatoms. The highest BCUT2D eigenvalue weighted by molar-refractivity contribution is 5.43. The summed E-state index contributed by atoms with van der Waals surface area (Å²) in [6.45, 7) is 0.147. The zero-order chi connectivity index (χ0) is 10.2. The summed E-state index contributed by atoms with van der Waals surface area (Å²) < 4.78 is 5.06. The molecule has 0 aliphatic heterocycles. The zero-order valence-electron chi connectivity index (χ0n) is 7.64. The number of aromatic nitrogens is 1. The number of hydrogen-bond acceptors (Lipinski definition) is 3. The van der Waals surface area contributed by atoms with Crippen molar-refractivity contribution in [3.8, 4) is 17.6 Å². The molecule has 0 saturated heterocycles. The van der Waals surface area contributed by atoms with Gasteiger partial charge in [0.25, 0.3) is 0 Å². The number of rotatable bonds is 2. The summed E-state index contributed by atoms with van der Waals surface area (Å²) >= 11 is 0. The summed E-state index contributed by atoms with van der Waals surface area (Å²) in [5.41, 5.74) is 8.70. The Labute approximate surface area is 81.4 Å². The summed E-state index contributed by atoms with van der Waals surface area (Å²) in [5.74, 6) is 6.14. The summed E-state index contributed by atoms with van der Waals surface area (Å²) in [7, 11) is 1.56. The van der Waals surface area contributed by atoms with Gasteiger partial charge in [-0.2, -0.15) is 0 Å². The SMILES string of the molecule is COc1ccncc1C#CCN=[N+]=[N-]. The van der Waals surface area contributed by atoms with Crippen molar-refractivity contribution in [3.63, 3.8) is 0 Å². The average molecular weight is 188 g/mol. The van der Waals surface area contributed by atoms with Gasteiger partial charge in [-0.3, -0.25) is 4.98 Å². The summed E-state index contributed by atoms with van der Waals surface area (Å²) in [5, 5.41) is 3.29. The minimum Gasteiger partial charge on any atom is -0.495 e. The molecular weight excluding hydrogens is 180 g/mol. The first-order valence-corrected chi connectivity index (χ1v) is 3.86. The third-order valence-electron chi connectivity index (χ3n) is 1.44. The van der Waals surface area contributed by atoms with E-state index in [1.165, 1.54) is 0 Å². The number of hydrogen-bond donors (Lipinski definition) is 0. The van der Waals surface area contributed by atoms with Crippen LogP contribution in [0.3, 0.4) is 0 Å². The topological polar surface area (TPSA) is 70.9 Å². The van der Waals surface area contributed by atoms with Crippen molar-refractivity contribution in [1.29, 1.82) is 0 Å². The van der Waals surface area contributed by atoms with Crippen LogP contribution < -0.4 is 4.74 Å². The van der Waals surface area contributed by atoms with Crippen LogP contribution in [0.15, 0.2) is 23.6 Å². The maximum Gasteiger partial charge on any atom is 0.137 e. The van der Waals surface area contributed by atoms with Crippen LogP contribution >= 0.6 is 0 Å². The van der Waals surface area contributed by atoms with Crippen molar-refractivity contribution in [2.75, 3.05) is 13.7 Å². The Morgan fingerprint density at radius 1 is 1.71 bits per heavy atom. The second-order valence-corrected chi connectivity index (χ2v) is 2.27. The van der Waals surface area contributed by atoms with Crippen molar-refractivity contribution >= 4 is 0 Å². The molecule has 0 saturated carbocycles. The molecule has 1 rings (SSSR count). The van der Waals surface area contributed by atoms with Gasteiger partial charge in [-0.05, 0) is 11.6 Å². The van der Waals surface area contributed by atoms with Crippen LogP contribution in [0.4, 0.5) is 0 Å². The average Bonchev–Trinajstić information content (AvgIpc) is 2.25. The number of ether oxygens (including phenoxy) is 1. The molecule has 0 unspecified atom stereocenters. The van der Waals surface area contributed by atoms with E-state index in [9.17, 15) is 0 Å². The molecule has 0 fully saturated rings. The molecule has 0 spiro atoms. The summed E-state index contributed by atoms with van der Waals surface area (Å²) in [6.07, 6.45) is 3.22. The van der Waals surface area contributed by atoms with E-state index in [4.69, 9.17) is 10.3 Å². The predicted molar refractivity (Wildman–Crippen MR) is 51.7 cm³/mol. The van der Waals surface area contributed by atoms with E-state index in [0.29, 0.717) is 11.3 Å². The molecule has 0 bridgehead atoms. The quantitative estimate of drug-likeness (QED) is 0.307. The first-order valence-electron chi connectivity index (χ1n) is 3.86. The van der Waals surface area contributed by atoms with Crippen LogP contribution in [0.25, 0.3) is 10.4 Å². The smallest absolute Gasteiger partial charge is 0.137 e. The molecule has 1 heterocycles. The van der Waals surface area contributed by atoms with E-state index in [1.54, 1.807) is 25.6 Å². The van der Waals surface area contributed by atoms with Gasteiger partial charge in [0, 0.05) is 17.3 Å². The molecule has 5 nitrogen and oxygen atoms in total. The molecule has 0 aromatic carbocycles. The van der Waals surface area contributed by atoms with Crippen molar-refractivity contribution in [2.24, 2.45) is 5.11 Å². The third kappa shape index (κ3) is 2.70. The van der Waals surface area contributed by atoms with Crippen LogP contribution in [-0.4, -0.2) is 18.6 Å². The summed E-state index contributed by atoms with van der Waals surface area (Å²) in [4.78, 5) is 6.49. The molecule has 1 aromatic rings. The van der Waals surface area contributed by atoms with Gasteiger partial charge in [0.1, 0.15) is 5.75 Å². The Bertz CT molecular complexity index is 412. The second-order valence-electron chi connectivity index (χ2n) is 2.27. The van der Waals surface area contributed by atoms with E-state index in [1.807, 2.05) is 0 Å². The monoisotopic (exact) mass is 188 g/mol. The largest absolute Gasteiger partial charge is 0.495 e. The minimum atomic E-state index is 0.147. The Kier molecular flexibility index (Phi) is 3.86. The highest BCUT2D eigenvalue weighted by atomic mass is 16.5. The first kappa shape index (κ1) is 9.90. The Hall–Kier alpha value is -2.18. The highest BCUT2D eigenvalue weighted by Gasteiger charge is 1.96. The lowest BCUT2D eigenvalue weighted by Crippen LogP contribution is -1.88. The van der Waals surface area contributed by atoms with Gasteiger partial charge in [0.15, 0.2) is 0 Å². The fourth-order valence-electron chi connectivity index (χ4n) is 0.855. The molecular formula is C9H8N4O. The van der Waals surface area contributed by atoms with Crippen LogP contribution in [0, 0.1) is 11.8 Å². The lowest BCUT2D eigenvalue weighted by Gasteiger charge is -1.99. The zero-order valence-corrected chi connectivity index (χ0v) is 7.64. The lowest BCUT2D eigenvalue weighted by molar-refractivity contribution is 0.413. The van der Waals surface area contributed by atoms with Gasteiger partial charge in [-0.15, -0.1) is 0 Å².